The molecule has 0 spiro atoms. The lowest BCUT2D eigenvalue weighted by Gasteiger charge is -2.10. The number of rotatable bonds is 7. The first-order valence-corrected chi connectivity index (χ1v) is 8.17. The van der Waals surface area contributed by atoms with E-state index in [1.807, 2.05) is 0 Å². The Morgan fingerprint density at radius 2 is 1.54 bits per heavy atom. The number of carbonyl (C=O) groups excluding carboxylic acids is 2. The molecular formula is C19H19F3N2O4. The molecule has 0 saturated carbocycles. The van der Waals surface area contributed by atoms with Gasteiger partial charge in [-0.1, -0.05) is 12.1 Å². The molecule has 9 heteroatoms. The van der Waals surface area contributed by atoms with Crippen LogP contribution in [0.5, 0.6) is 11.5 Å². The van der Waals surface area contributed by atoms with E-state index in [4.69, 9.17) is 9.47 Å². The van der Waals surface area contributed by atoms with Crippen molar-refractivity contribution in [2.45, 2.75) is 12.6 Å². The maximum absolute atomic E-state index is 12.4. The number of hydrogen-bond acceptors (Lipinski definition) is 4. The fourth-order valence-corrected chi connectivity index (χ4v) is 2.29. The predicted molar refractivity (Wildman–Crippen MR) is 96.7 cm³/mol. The minimum atomic E-state index is -4.45. The lowest BCUT2D eigenvalue weighted by Crippen LogP contribution is -2.34. The zero-order chi connectivity index (χ0) is 20.7. The number of benzene rings is 2. The molecule has 0 fully saturated rings. The Morgan fingerprint density at radius 1 is 0.964 bits per heavy atom. The molecule has 0 radical (unpaired) electrons. The van der Waals surface area contributed by atoms with E-state index in [-0.39, 0.29) is 6.42 Å². The summed E-state index contributed by atoms with van der Waals surface area (Å²) in [5, 5.41) is 4.49. The van der Waals surface area contributed by atoms with Crippen LogP contribution in [-0.2, 0) is 11.2 Å². The molecule has 2 amide bonds. The van der Waals surface area contributed by atoms with Crippen molar-refractivity contribution in [3.05, 3.63) is 53.6 Å². The first-order valence-electron chi connectivity index (χ1n) is 8.17. The van der Waals surface area contributed by atoms with E-state index in [0.29, 0.717) is 28.3 Å². The molecule has 0 saturated heterocycles. The summed E-state index contributed by atoms with van der Waals surface area (Å²) in [6, 6.07) is 11.0. The Kier molecular flexibility index (Phi) is 6.86. The topological polar surface area (TPSA) is 76.7 Å². The van der Waals surface area contributed by atoms with Gasteiger partial charge < -0.3 is 20.1 Å². The van der Waals surface area contributed by atoms with Gasteiger partial charge in [-0.05, 0) is 29.8 Å². The van der Waals surface area contributed by atoms with Gasteiger partial charge in [0.25, 0.3) is 5.91 Å². The molecule has 2 N–H and O–H groups in total. The van der Waals surface area contributed by atoms with Crippen molar-refractivity contribution in [2.75, 3.05) is 26.1 Å². The van der Waals surface area contributed by atoms with Crippen LogP contribution in [0.25, 0.3) is 0 Å². The number of carbonyl (C=O) groups is 2. The number of halogens is 3. The standard InChI is InChI=1S/C19H19F3N2O4/c1-27-15-8-13(9-16(10-15)28-2)18(26)24-14-5-3-12(4-6-14)7-17(25)23-11-19(20,21)22/h3-6,8-10H,7,11H2,1-2H3,(H,23,25)(H,24,26). The number of anilines is 1. The molecule has 28 heavy (non-hydrogen) atoms. The molecule has 0 heterocycles. The average Bonchev–Trinajstić information content (AvgIpc) is 2.66. The minimum Gasteiger partial charge on any atom is -0.497 e. The van der Waals surface area contributed by atoms with Gasteiger partial charge in [-0.15, -0.1) is 0 Å². The molecule has 0 aromatic heterocycles. The number of nitrogens with one attached hydrogen (secondary N) is 2. The SMILES string of the molecule is COc1cc(OC)cc(C(=O)Nc2ccc(CC(=O)NCC(F)(F)F)cc2)c1. The highest BCUT2D eigenvalue weighted by Crippen LogP contribution is 2.23. The number of ether oxygens (including phenoxy) is 2. The second kappa shape index (κ2) is 9.12. The third-order valence-corrected chi connectivity index (χ3v) is 3.68. The predicted octanol–water partition coefficient (Wildman–Crippen LogP) is 3.18. The van der Waals surface area contributed by atoms with Crippen molar-refractivity contribution < 1.29 is 32.2 Å². The average molecular weight is 396 g/mol. The maximum Gasteiger partial charge on any atom is 0.405 e. The molecule has 150 valence electrons. The van der Waals surface area contributed by atoms with Crippen LogP contribution in [0.1, 0.15) is 15.9 Å². The van der Waals surface area contributed by atoms with Crippen LogP contribution >= 0.6 is 0 Å². The molecule has 0 atom stereocenters. The Hall–Kier alpha value is -3.23. The van der Waals surface area contributed by atoms with Crippen LogP contribution in [0.15, 0.2) is 42.5 Å². The quantitative estimate of drug-likeness (QED) is 0.754. The van der Waals surface area contributed by atoms with Crippen LogP contribution < -0.4 is 20.1 Å². The first-order chi connectivity index (χ1) is 13.2. The highest BCUT2D eigenvalue weighted by Gasteiger charge is 2.27. The molecule has 2 aromatic rings. The normalized spacial score (nSPS) is 10.9. The summed E-state index contributed by atoms with van der Waals surface area (Å²) in [5.74, 6) is -0.208. The van der Waals surface area contributed by atoms with Crippen LogP contribution in [0.3, 0.4) is 0 Å². The summed E-state index contributed by atoms with van der Waals surface area (Å²) < 4.78 is 46.5. The third-order valence-electron chi connectivity index (χ3n) is 3.68. The minimum absolute atomic E-state index is 0.197. The fourth-order valence-electron chi connectivity index (χ4n) is 2.29. The van der Waals surface area contributed by atoms with Gasteiger partial charge in [0, 0.05) is 17.3 Å². The van der Waals surface area contributed by atoms with Gasteiger partial charge in [-0.3, -0.25) is 9.59 Å². The van der Waals surface area contributed by atoms with Crippen molar-refractivity contribution in [3.8, 4) is 11.5 Å². The van der Waals surface area contributed by atoms with Crippen LogP contribution in [0.2, 0.25) is 0 Å². The van der Waals surface area contributed by atoms with Gasteiger partial charge in [0.05, 0.1) is 20.6 Å². The number of methoxy groups -OCH3 is 2. The molecule has 2 rings (SSSR count). The Labute approximate surface area is 159 Å². The van der Waals surface area contributed by atoms with Crippen molar-refractivity contribution in [1.29, 1.82) is 0 Å². The van der Waals surface area contributed by atoms with Crippen LogP contribution in [0.4, 0.5) is 18.9 Å². The molecule has 0 aliphatic rings. The molecule has 0 aliphatic carbocycles. The fraction of sp³-hybridized carbons (Fsp3) is 0.263. The van der Waals surface area contributed by atoms with Gasteiger partial charge in [0.15, 0.2) is 0 Å². The Balaban J connectivity index is 1.98. The Morgan fingerprint density at radius 3 is 2.04 bits per heavy atom. The second-order valence-corrected chi connectivity index (χ2v) is 5.82. The van der Waals surface area contributed by atoms with Gasteiger partial charge >= 0.3 is 6.18 Å². The number of hydrogen-bond donors (Lipinski definition) is 2. The first kappa shape index (κ1) is 21.1. The van der Waals surface area contributed by atoms with E-state index in [9.17, 15) is 22.8 Å². The number of alkyl halides is 3. The molecular weight excluding hydrogens is 377 g/mol. The lowest BCUT2D eigenvalue weighted by molar-refractivity contribution is -0.138. The van der Waals surface area contributed by atoms with E-state index >= 15 is 0 Å². The van der Waals surface area contributed by atoms with Gasteiger partial charge in [-0.2, -0.15) is 13.2 Å². The van der Waals surface area contributed by atoms with E-state index < -0.39 is 24.5 Å². The van der Waals surface area contributed by atoms with Gasteiger partial charge in [0.2, 0.25) is 5.91 Å². The molecule has 0 aliphatic heterocycles. The molecule has 0 unspecified atom stereocenters. The third kappa shape index (κ3) is 6.49. The van der Waals surface area contributed by atoms with Crippen molar-refractivity contribution in [3.63, 3.8) is 0 Å². The summed E-state index contributed by atoms with van der Waals surface area (Å²) in [4.78, 5) is 23.9. The smallest absolute Gasteiger partial charge is 0.405 e. The zero-order valence-electron chi connectivity index (χ0n) is 15.2. The lowest BCUT2D eigenvalue weighted by atomic mass is 10.1. The van der Waals surface area contributed by atoms with E-state index in [1.165, 1.54) is 14.2 Å². The van der Waals surface area contributed by atoms with Gasteiger partial charge in [0.1, 0.15) is 18.0 Å². The highest BCUT2D eigenvalue weighted by molar-refractivity contribution is 6.04. The highest BCUT2D eigenvalue weighted by atomic mass is 19.4. The van der Waals surface area contributed by atoms with Crippen molar-refractivity contribution >= 4 is 17.5 Å². The largest absolute Gasteiger partial charge is 0.497 e. The van der Waals surface area contributed by atoms with E-state index in [1.54, 1.807) is 47.8 Å². The summed E-state index contributed by atoms with van der Waals surface area (Å²) >= 11 is 0. The van der Waals surface area contributed by atoms with Crippen LogP contribution in [0, 0.1) is 0 Å². The summed E-state index contributed by atoms with van der Waals surface area (Å²) in [7, 11) is 2.94. The second-order valence-electron chi connectivity index (χ2n) is 5.82. The van der Waals surface area contributed by atoms with E-state index in [0.717, 1.165) is 0 Å². The van der Waals surface area contributed by atoms with Crippen molar-refractivity contribution in [2.24, 2.45) is 0 Å². The Bertz CT molecular complexity index is 814. The molecule has 0 bridgehead atoms. The van der Waals surface area contributed by atoms with Crippen LogP contribution in [-0.4, -0.2) is 38.8 Å². The summed E-state index contributed by atoms with van der Waals surface area (Å²) in [5.41, 5.74) is 1.30. The summed E-state index contributed by atoms with van der Waals surface area (Å²) in [6.07, 6.45) is -4.65. The number of amides is 2. The zero-order valence-corrected chi connectivity index (χ0v) is 15.2. The summed E-state index contributed by atoms with van der Waals surface area (Å²) in [6.45, 7) is -1.37. The van der Waals surface area contributed by atoms with Crippen molar-refractivity contribution in [1.82, 2.24) is 5.32 Å². The van der Waals surface area contributed by atoms with E-state index in [2.05, 4.69) is 5.32 Å². The maximum atomic E-state index is 12.4. The van der Waals surface area contributed by atoms with Gasteiger partial charge in [-0.25, -0.2) is 0 Å². The molecule has 6 nitrogen and oxygen atoms in total. The monoisotopic (exact) mass is 396 g/mol. The molecule has 2 aromatic carbocycles.